The van der Waals surface area contributed by atoms with Gasteiger partial charge in [-0.25, -0.2) is 9.18 Å². The number of nitrogens with zero attached hydrogens (tertiary/aromatic N) is 1. The maximum atomic E-state index is 14.1. The number of hydrogen-bond acceptors (Lipinski definition) is 7. The van der Waals surface area contributed by atoms with Crippen molar-refractivity contribution in [2.24, 2.45) is 11.8 Å². The summed E-state index contributed by atoms with van der Waals surface area (Å²) in [6, 6.07) is 8.36. The van der Waals surface area contributed by atoms with E-state index in [0.717, 1.165) is 42.9 Å². The maximum Gasteiger partial charge on any atom is 0.343 e. The van der Waals surface area contributed by atoms with Gasteiger partial charge in [-0.1, -0.05) is 13.0 Å². The van der Waals surface area contributed by atoms with Crippen LogP contribution < -0.4 is 14.8 Å². The zero-order chi connectivity index (χ0) is 24.5. The van der Waals surface area contributed by atoms with E-state index in [2.05, 4.69) is 21.9 Å². The summed E-state index contributed by atoms with van der Waals surface area (Å²) in [5.41, 5.74) is 2.66. The van der Waals surface area contributed by atoms with Crippen molar-refractivity contribution in [3.63, 3.8) is 0 Å². The molecule has 0 bridgehead atoms. The predicted molar refractivity (Wildman–Crippen MR) is 132 cm³/mol. The number of fused-ring (bicyclic) bond motifs is 3. The number of nitrogens with one attached hydrogen (secondary N) is 2. The molecule has 2 N–H and O–H groups in total. The zero-order valence-corrected chi connectivity index (χ0v) is 20.8. The van der Waals surface area contributed by atoms with Crippen molar-refractivity contribution in [1.82, 2.24) is 10.2 Å². The van der Waals surface area contributed by atoms with Gasteiger partial charge < -0.3 is 24.4 Å². The van der Waals surface area contributed by atoms with E-state index < -0.39 is 5.97 Å². The molecule has 1 amide bonds. The Morgan fingerprint density at radius 2 is 2.14 bits per heavy atom. The summed E-state index contributed by atoms with van der Waals surface area (Å²) in [4.78, 5) is 28.3. The van der Waals surface area contributed by atoms with Gasteiger partial charge in [0.25, 0.3) is 0 Å². The number of carbonyl (C=O) groups excluding carboxylic acids is 2. The number of carbonyl (C=O) groups is 2. The van der Waals surface area contributed by atoms with E-state index in [1.807, 2.05) is 12.1 Å². The molecule has 2 heterocycles. The van der Waals surface area contributed by atoms with E-state index in [0.29, 0.717) is 41.0 Å². The Morgan fingerprint density at radius 3 is 2.91 bits per heavy atom. The van der Waals surface area contributed by atoms with Crippen LogP contribution in [0, 0.1) is 17.7 Å². The molecular formula is C26H30FN3O4S. The summed E-state index contributed by atoms with van der Waals surface area (Å²) in [5, 5.41) is 2.97. The third kappa shape index (κ3) is 4.97. The first-order valence-corrected chi connectivity index (χ1v) is 12.9. The summed E-state index contributed by atoms with van der Waals surface area (Å²) in [6.07, 6.45) is 1.92. The third-order valence-electron chi connectivity index (χ3n) is 7.18. The average Bonchev–Trinajstić information content (AvgIpc) is 3.52. The first-order chi connectivity index (χ1) is 17.0. The second kappa shape index (κ2) is 10.1. The molecule has 1 saturated heterocycles. The monoisotopic (exact) mass is 499 g/mol. The number of methoxy groups -OCH3 is 1. The minimum Gasteiger partial charge on any atom is -0.492 e. The van der Waals surface area contributed by atoms with Crippen LogP contribution in [0.1, 0.15) is 47.2 Å². The molecule has 1 saturated carbocycles. The van der Waals surface area contributed by atoms with Crippen LogP contribution in [0.15, 0.2) is 35.2 Å². The third-order valence-corrected chi connectivity index (χ3v) is 8.12. The number of halogens is 1. The lowest BCUT2D eigenvalue weighted by atomic mass is 10.0. The first-order valence-electron chi connectivity index (χ1n) is 12.1. The van der Waals surface area contributed by atoms with E-state index in [1.54, 1.807) is 6.07 Å². The summed E-state index contributed by atoms with van der Waals surface area (Å²) in [6.45, 7) is 5.54. The topological polar surface area (TPSA) is 79.9 Å². The molecule has 35 heavy (non-hydrogen) atoms. The highest BCUT2D eigenvalue weighted by Crippen LogP contribution is 2.55. The van der Waals surface area contributed by atoms with Crippen LogP contribution in [-0.4, -0.2) is 50.1 Å². The van der Waals surface area contributed by atoms with Gasteiger partial charge >= 0.3 is 5.97 Å². The number of anilines is 1. The second-order valence-electron chi connectivity index (χ2n) is 9.36. The Balaban J connectivity index is 1.31. The van der Waals surface area contributed by atoms with Crippen LogP contribution in [0.2, 0.25) is 0 Å². The molecule has 2 aromatic carbocycles. The lowest BCUT2D eigenvalue weighted by Crippen LogP contribution is -2.32. The van der Waals surface area contributed by atoms with Gasteiger partial charge in [-0.2, -0.15) is 0 Å². The van der Waals surface area contributed by atoms with Crippen molar-refractivity contribution in [2.45, 2.75) is 37.1 Å². The van der Waals surface area contributed by atoms with Gasteiger partial charge in [0.05, 0.1) is 25.3 Å². The van der Waals surface area contributed by atoms with Gasteiger partial charge in [-0.3, -0.25) is 4.79 Å². The SMILES string of the molecule is CCN1CC[C@H](C(=O)NCc2cc(F)ccc2SNc2ccc3c(c2C(=O)OC)OCC2CC32)C1. The number of esters is 1. The Kier molecular flexibility index (Phi) is 6.88. The van der Waals surface area contributed by atoms with Crippen molar-refractivity contribution >= 4 is 29.5 Å². The fraction of sp³-hybridized carbons (Fsp3) is 0.462. The number of amides is 1. The van der Waals surface area contributed by atoms with Crippen LogP contribution in [0.3, 0.4) is 0 Å². The van der Waals surface area contributed by atoms with Gasteiger partial charge in [-0.05, 0) is 79.2 Å². The largest absolute Gasteiger partial charge is 0.492 e. The van der Waals surface area contributed by atoms with Crippen LogP contribution in [0.4, 0.5) is 10.1 Å². The molecule has 9 heteroatoms. The Morgan fingerprint density at radius 1 is 1.29 bits per heavy atom. The zero-order valence-electron chi connectivity index (χ0n) is 19.9. The van der Waals surface area contributed by atoms with Crippen molar-refractivity contribution in [3.8, 4) is 5.75 Å². The molecular weight excluding hydrogens is 469 g/mol. The Labute approximate surface area is 208 Å². The first kappa shape index (κ1) is 23.9. The molecule has 0 spiro atoms. The maximum absolute atomic E-state index is 14.1. The molecule has 3 atom stereocenters. The Bertz CT molecular complexity index is 1140. The van der Waals surface area contributed by atoms with E-state index in [1.165, 1.54) is 31.2 Å². The van der Waals surface area contributed by atoms with Crippen molar-refractivity contribution in [3.05, 3.63) is 52.8 Å². The number of ether oxygens (including phenoxy) is 2. The van der Waals surface area contributed by atoms with Crippen molar-refractivity contribution in [2.75, 3.05) is 38.1 Å². The molecule has 0 aromatic heterocycles. The summed E-state index contributed by atoms with van der Waals surface area (Å²) in [7, 11) is 1.35. The highest BCUT2D eigenvalue weighted by Gasteiger charge is 2.45. The van der Waals surface area contributed by atoms with Crippen molar-refractivity contribution in [1.29, 1.82) is 0 Å². The minimum absolute atomic E-state index is 0.00712. The normalized spacial score (nSPS) is 22.5. The minimum atomic E-state index is -0.465. The molecule has 2 aromatic rings. The van der Waals surface area contributed by atoms with Gasteiger partial charge in [0.2, 0.25) is 5.91 Å². The van der Waals surface area contributed by atoms with Gasteiger partial charge in [0.15, 0.2) is 0 Å². The molecule has 2 unspecified atom stereocenters. The fourth-order valence-corrected chi connectivity index (χ4v) is 5.78. The molecule has 2 aliphatic heterocycles. The number of likely N-dealkylation sites (tertiary alicyclic amines) is 1. The van der Waals surface area contributed by atoms with E-state index in [9.17, 15) is 14.0 Å². The van der Waals surface area contributed by atoms with Gasteiger partial charge in [-0.15, -0.1) is 0 Å². The molecule has 0 radical (unpaired) electrons. The molecule has 5 rings (SSSR count). The fourth-order valence-electron chi connectivity index (χ4n) is 5.00. The molecule has 2 fully saturated rings. The number of rotatable bonds is 8. The standard InChI is InChI=1S/C26H30FN3O4S/c1-3-30-9-8-15(13-30)25(31)28-12-16-10-18(27)4-7-22(16)35-29-21-6-5-19-20-11-17(20)14-34-24(19)23(21)26(32)33-2/h4-7,10,15,17,20,29H,3,8-9,11-14H2,1-2H3,(H,28,31)/t15-,17?,20?/m0/s1. The summed E-state index contributed by atoms with van der Waals surface area (Å²) < 4.78 is 28.3. The summed E-state index contributed by atoms with van der Waals surface area (Å²) in [5.74, 6) is 0.689. The lowest BCUT2D eigenvalue weighted by molar-refractivity contribution is -0.124. The van der Waals surface area contributed by atoms with E-state index in [-0.39, 0.29) is 24.2 Å². The second-order valence-corrected chi connectivity index (χ2v) is 10.2. The lowest BCUT2D eigenvalue weighted by Gasteiger charge is -2.22. The van der Waals surface area contributed by atoms with Crippen LogP contribution in [0.25, 0.3) is 0 Å². The smallest absolute Gasteiger partial charge is 0.343 e. The highest BCUT2D eigenvalue weighted by atomic mass is 32.2. The predicted octanol–water partition coefficient (Wildman–Crippen LogP) is 4.19. The van der Waals surface area contributed by atoms with Crippen LogP contribution in [0.5, 0.6) is 5.75 Å². The van der Waals surface area contributed by atoms with Crippen molar-refractivity contribution < 1.29 is 23.5 Å². The van der Waals surface area contributed by atoms with Gasteiger partial charge in [0, 0.05) is 23.9 Å². The average molecular weight is 500 g/mol. The number of hydrogen-bond donors (Lipinski definition) is 2. The Hall–Kier alpha value is -2.78. The highest BCUT2D eigenvalue weighted by molar-refractivity contribution is 8.00. The van der Waals surface area contributed by atoms with Crippen LogP contribution in [-0.2, 0) is 16.1 Å². The molecule has 3 aliphatic rings. The van der Waals surface area contributed by atoms with E-state index in [4.69, 9.17) is 9.47 Å². The quantitative estimate of drug-likeness (QED) is 0.417. The molecule has 186 valence electrons. The summed E-state index contributed by atoms with van der Waals surface area (Å²) >= 11 is 1.26. The van der Waals surface area contributed by atoms with Crippen LogP contribution >= 0.6 is 11.9 Å². The van der Waals surface area contributed by atoms with Gasteiger partial charge in [0.1, 0.15) is 17.1 Å². The van der Waals surface area contributed by atoms with E-state index >= 15 is 0 Å². The number of benzene rings is 2. The molecule has 7 nitrogen and oxygen atoms in total. The molecule has 1 aliphatic carbocycles.